The molecular formula is C14H23N3O4. The van der Waals surface area contributed by atoms with E-state index < -0.39 is 5.97 Å². The molecule has 0 aliphatic carbocycles. The Hall–Kier alpha value is -1.79. The minimum atomic E-state index is -0.404. The van der Waals surface area contributed by atoms with Crippen molar-refractivity contribution in [2.24, 2.45) is 0 Å². The number of carbonyl (C=O) groups excluding carboxylic acids is 3. The fourth-order valence-corrected chi connectivity index (χ4v) is 2.63. The van der Waals surface area contributed by atoms with E-state index >= 15 is 0 Å². The van der Waals surface area contributed by atoms with Gasteiger partial charge in [-0.2, -0.15) is 0 Å². The number of nitrogens with one attached hydrogen (secondary N) is 1. The quantitative estimate of drug-likeness (QED) is 0.762. The van der Waals surface area contributed by atoms with Gasteiger partial charge < -0.3 is 19.9 Å². The van der Waals surface area contributed by atoms with Gasteiger partial charge in [0, 0.05) is 20.0 Å². The number of esters is 1. The number of hydrogen-bond donors (Lipinski definition) is 1. The lowest BCUT2D eigenvalue weighted by atomic mass is 10.1. The van der Waals surface area contributed by atoms with E-state index in [-0.39, 0.29) is 24.6 Å². The Balaban J connectivity index is 1.80. The van der Waals surface area contributed by atoms with E-state index in [2.05, 4.69) is 5.32 Å². The van der Waals surface area contributed by atoms with Crippen molar-refractivity contribution in [3.8, 4) is 0 Å². The zero-order chi connectivity index (χ0) is 15.2. The summed E-state index contributed by atoms with van der Waals surface area (Å²) in [6, 6.07) is -0.166. The number of likely N-dealkylation sites (tertiary alicyclic amines) is 1. The molecule has 1 unspecified atom stereocenters. The molecule has 2 saturated heterocycles. The topological polar surface area (TPSA) is 79.0 Å². The molecule has 0 aromatic rings. The highest BCUT2D eigenvalue weighted by atomic mass is 16.5. The maximum atomic E-state index is 12.0. The van der Waals surface area contributed by atoms with Crippen molar-refractivity contribution in [2.75, 3.05) is 33.2 Å². The van der Waals surface area contributed by atoms with Gasteiger partial charge in [-0.05, 0) is 12.8 Å². The minimum absolute atomic E-state index is 0.00694. The first-order chi connectivity index (χ1) is 10.1. The summed E-state index contributed by atoms with van der Waals surface area (Å²) in [5.74, 6) is -0.376. The van der Waals surface area contributed by atoms with Gasteiger partial charge >= 0.3 is 12.0 Å². The number of urea groups is 1. The third-order valence-corrected chi connectivity index (χ3v) is 3.84. The van der Waals surface area contributed by atoms with Crippen LogP contribution in [0, 0.1) is 0 Å². The highest BCUT2D eigenvalue weighted by molar-refractivity contribution is 5.82. The van der Waals surface area contributed by atoms with E-state index in [1.165, 1.54) is 4.90 Å². The normalized spacial score (nSPS) is 24.1. The molecule has 0 bridgehead atoms. The van der Waals surface area contributed by atoms with Crippen LogP contribution in [0.1, 0.15) is 32.1 Å². The average Bonchev–Trinajstić information content (AvgIpc) is 2.43. The van der Waals surface area contributed by atoms with Crippen LogP contribution in [0.5, 0.6) is 0 Å². The number of hydrogen-bond acceptors (Lipinski definition) is 4. The number of rotatable bonds is 3. The lowest BCUT2D eigenvalue weighted by molar-refractivity contribution is -0.154. The first-order valence-corrected chi connectivity index (χ1v) is 7.52. The first kappa shape index (κ1) is 15.6. The van der Waals surface area contributed by atoms with E-state index in [0.717, 1.165) is 25.7 Å². The fourth-order valence-electron chi connectivity index (χ4n) is 2.63. The molecule has 2 rings (SSSR count). The van der Waals surface area contributed by atoms with Crippen molar-refractivity contribution < 1.29 is 19.1 Å². The molecule has 0 aromatic carbocycles. The second kappa shape index (κ2) is 7.28. The lowest BCUT2D eigenvalue weighted by Gasteiger charge is -2.31. The molecular weight excluding hydrogens is 274 g/mol. The molecule has 7 heteroatoms. The van der Waals surface area contributed by atoms with Crippen LogP contribution in [0.15, 0.2) is 0 Å². The summed E-state index contributed by atoms with van der Waals surface area (Å²) in [7, 11) is 1.65. The van der Waals surface area contributed by atoms with Crippen molar-refractivity contribution >= 4 is 17.9 Å². The zero-order valence-electron chi connectivity index (χ0n) is 12.5. The maximum absolute atomic E-state index is 12.0. The minimum Gasteiger partial charge on any atom is -0.457 e. The van der Waals surface area contributed by atoms with Gasteiger partial charge in [0.15, 0.2) is 0 Å². The van der Waals surface area contributed by atoms with Crippen LogP contribution in [-0.2, 0) is 14.3 Å². The lowest BCUT2D eigenvalue weighted by Crippen LogP contribution is -2.53. The van der Waals surface area contributed by atoms with Crippen molar-refractivity contribution in [1.82, 2.24) is 15.1 Å². The molecule has 0 spiro atoms. The van der Waals surface area contributed by atoms with Gasteiger partial charge in [-0.1, -0.05) is 12.8 Å². The van der Waals surface area contributed by atoms with Gasteiger partial charge in [-0.3, -0.25) is 9.59 Å². The monoisotopic (exact) mass is 297 g/mol. The SMILES string of the molecule is CN1CC(OC(=O)CN2CCCCCCC2=O)CNC1=O. The summed E-state index contributed by atoms with van der Waals surface area (Å²) in [5, 5.41) is 2.65. The summed E-state index contributed by atoms with van der Waals surface area (Å²) in [6.45, 7) is 1.33. The Morgan fingerprint density at radius 1 is 1.29 bits per heavy atom. The Bertz CT molecular complexity index is 413. The Morgan fingerprint density at radius 3 is 2.81 bits per heavy atom. The Morgan fingerprint density at radius 2 is 2.05 bits per heavy atom. The number of amides is 3. The molecule has 2 heterocycles. The molecule has 2 aliphatic heterocycles. The summed E-state index contributed by atoms with van der Waals surface area (Å²) in [4.78, 5) is 38.2. The number of carbonyl (C=O) groups is 3. The molecule has 7 nitrogen and oxygen atoms in total. The van der Waals surface area contributed by atoms with Crippen molar-refractivity contribution in [3.63, 3.8) is 0 Å². The van der Waals surface area contributed by atoms with Crippen molar-refractivity contribution in [3.05, 3.63) is 0 Å². The van der Waals surface area contributed by atoms with Gasteiger partial charge in [0.1, 0.15) is 12.6 Å². The van der Waals surface area contributed by atoms with Crippen LogP contribution in [0.4, 0.5) is 4.79 Å². The fraction of sp³-hybridized carbons (Fsp3) is 0.786. The van der Waals surface area contributed by atoms with Crippen LogP contribution in [0.2, 0.25) is 0 Å². The molecule has 1 atom stereocenters. The molecule has 0 aromatic heterocycles. The smallest absolute Gasteiger partial charge is 0.326 e. The van der Waals surface area contributed by atoms with Crippen LogP contribution < -0.4 is 5.32 Å². The van der Waals surface area contributed by atoms with Crippen molar-refractivity contribution in [2.45, 2.75) is 38.2 Å². The maximum Gasteiger partial charge on any atom is 0.326 e. The molecule has 118 valence electrons. The van der Waals surface area contributed by atoms with Crippen LogP contribution in [-0.4, -0.2) is 67.0 Å². The molecule has 1 N–H and O–H groups in total. The summed E-state index contributed by atoms with van der Waals surface area (Å²) in [5.41, 5.74) is 0. The number of nitrogens with zero attached hydrogens (tertiary/aromatic N) is 2. The summed E-state index contributed by atoms with van der Waals surface area (Å²) in [6.07, 6.45) is 4.15. The second-order valence-electron chi connectivity index (χ2n) is 5.66. The first-order valence-electron chi connectivity index (χ1n) is 7.52. The molecule has 0 saturated carbocycles. The average molecular weight is 297 g/mol. The predicted octanol–water partition coefficient (Wildman–Crippen LogP) is 0.346. The van der Waals surface area contributed by atoms with E-state index in [1.807, 2.05) is 0 Å². The van der Waals surface area contributed by atoms with E-state index in [1.54, 1.807) is 11.9 Å². The zero-order valence-corrected chi connectivity index (χ0v) is 12.5. The summed E-state index contributed by atoms with van der Waals surface area (Å²) < 4.78 is 5.34. The van der Waals surface area contributed by atoms with Crippen molar-refractivity contribution in [1.29, 1.82) is 0 Å². The third kappa shape index (κ3) is 4.61. The van der Waals surface area contributed by atoms with E-state index in [9.17, 15) is 14.4 Å². The van der Waals surface area contributed by atoms with Crippen LogP contribution in [0.3, 0.4) is 0 Å². The largest absolute Gasteiger partial charge is 0.457 e. The standard InChI is InChI=1S/C14H23N3O4/c1-16-9-11(8-15-14(16)20)21-13(19)10-17-7-5-3-2-4-6-12(17)18/h11H,2-10H2,1H3,(H,15,20). The van der Waals surface area contributed by atoms with Gasteiger partial charge in [0.2, 0.25) is 5.91 Å². The summed E-state index contributed by atoms with van der Waals surface area (Å²) >= 11 is 0. The second-order valence-corrected chi connectivity index (χ2v) is 5.66. The Labute approximate surface area is 124 Å². The van der Waals surface area contributed by atoms with Crippen LogP contribution >= 0.6 is 0 Å². The van der Waals surface area contributed by atoms with Gasteiger partial charge in [-0.25, -0.2) is 4.79 Å². The molecule has 2 aliphatic rings. The molecule has 21 heavy (non-hydrogen) atoms. The number of ether oxygens (including phenoxy) is 1. The molecule has 0 radical (unpaired) electrons. The predicted molar refractivity (Wildman–Crippen MR) is 75.6 cm³/mol. The van der Waals surface area contributed by atoms with Gasteiger partial charge in [-0.15, -0.1) is 0 Å². The van der Waals surface area contributed by atoms with Gasteiger partial charge in [0.05, 0.1) is 13.1 Å². The van der Waals surface area contributed by atoms with E-state index in [0.29, 0.717) is 26.1 Å². The molecule has 2 fully saturated rings. The van der Waals surface area contributed by atoms with E-state index in [4.69, 9.17) is 4.74 Å². The molecule has 3 amide bonds. The highest BCUT2D eigenvalue weighted by Crippen LogP contribution is 2.12. The van der Waals surface area contributed by atoms with Gasteiger partial charge in [0.25, 0.3) is 0 Å². The van der Waals surface area contributed by atoms with Crippen LogP contribution in [0.25, 0.3) is 0 Å². The number of likely N-dealkylation sites (N-methyl/N-ethyl adjacent to an activating group) is 1. The third-order valence-electron chi connectivity index (χ3n) is 3.84. The highest BCUT2D eigenvalue weighted by Gasteiger charge is 2.26. The Kier molecular flexibility index (Phi) is 5.41.